The zero-order valence-electron chi connectivity index (χ0n) is 5.52. The zero-order valence-corrected chi connectivity index (χ0v) is 5.52. The van der Waals surface area contributed by atoms with Crippen molar-refractivity contribution in [1.82, 2.24) is 0 Å². The van der Waals surface area contributed by atoms with Crippen LogP contribution < -0.4 is 5.73 Å². The summed E-state index contributed by atoms with van der Waals surface area (Å²) in [7, 11) is 0. The van der Waals surface area contributed by atoms with Crippen LogP contribution in [-0.2, 0) is 0 Å². The first-order valence-corrected chi connectivity index (χ1v) is 2.84. The van der Waals surface area contributed by atoms with E-state index in [2.05, 4.69) is 0 Å². The van der Waals surface area contributed by atoms with Gasteiger partial charge >= 0.3 is 51.4 Å². The molecule has 0 amide bonds. The van der Waals surface area contributed by atoms with Crippen molar-refractivity contribution in [3.8, 4) is 5.75 Å². The number of benzene rings is 1. The molecule has 0 saturated carbocycles. The molecule has 0 heterocycles. The summed E-state index contributed by atoms with van der Waals surface area (Å²) < 4.78 is 0. The second kappa shape index (κ2) is 4.78. The third kappa shape index (κ3) is 2.72. The molecule has 0 aromatic heterocycles. The molecule has 0 spiro atoms. The monoisotopic (exact) mass is 194 g/mol. The van der Waals surface area contributed by atoms with Crippen molar-refractivity contribution in [2.45, 2.75) is 0 Å². The van der Waals surface area contributed by atoms with Gasteiger partial charge in [0.2, 0.25) is 0 Å². The second-order valence-corrected chi connectivity index (χ2v) is 2.00. The number of nitrogens with two attached hydrogens (primary N) is 1. The molecule has 0 aliphatic heterocycles. The van der Waals surface area contributed by atoms with Gasteiger partial charge in [-0.15, -0.1) is 0 Å². The van der Waals surface area contributed by atoms with E-state index in [0.717, 1.165) is 6.07 Å². The Labute approximate surface area is 111 Å². The molecule has 5 nitrogen and oxygen atoms in total. The average molecular weight is 194 g/mol. The van der Waals surface area contributed by atoms with E-state index in [9.17, 15) is 10.1 Å². The topological polar surface area (TPSA) is 89.4 Å². The Morgan fingerprint density at radius 1 is 1.50 bits per heavy atom. The third-order valence-corrected chi connectivity index (χ3v) is 1.22. The average Bonchev–Trinajstić information content (AvgIpc) is 1.94. The van der Waals surface area contributed by atoms with E-state index in [1.165, 1.54) is 12.1 Å². The molecule has 0 aliphatic rings. The molecule has 3 N–H and O–H groups in total. The zero-order chi connectivity index (χ0) is 8.43. The van der Waals surface area contributed by atoms with Gasteiger partial charge in [-0.3, -0.25) is 10.1 Å². The number of nitrogen functional groups attached to an aromatic ring is 1. The Kier molecular flexibility index (Phi) is 4.72. The number of non-ortho nitro benzene ring substituents is 1. The minimum atomic E-state index is -0.598. The number of rotatable bonds is 1. The van der Waals surface area contributed by atoms with Crippen LogP contribution in [0.2, 0.25) is 0 Å². The normalized spacial score (nSPS) is 8.67. The number of nitrogens with zero attached hydrogens (tertiary/aromatic N) is 1. The van der Waals surface area contributed by atoms with Crippen LogP contribution in [0.25, 0.3) is 0 Å². The molecule has 12 heavy (non-hydrogen) atoms. The van der Waals surface area contributed by atoms with Gasteiger partial charge < -0.3 is 10.8 Å². The van der Waals surface area contributed by atoms with E-state index < -0.39 is 4.92 Å². The maximum absolute atomic E-state index is 10.1. The van der Waals surface area contributed by atoms with Crippen LogP contribution in [0, 0.1) is 10.1 Å². The van der Waals surface area contributed by atoms with Crippen molar-refractivity contribution in [1.29, 1.82) is 0 Å². The van der Waals surface area contributed by atoms with Crippen molar-refractivity contribution >= 4 is 62.8 Å². The van der Waals surface area contributed by atoms with Gasteiger partial charge in [-0.05, 0) is 6.07 Å². The van der Waals surface area contributed by atoms with Crippen LogP contribution in [-0.4, -0.2) is 61.4 Å². The number of phenols is 1. The predicted molar refractivity (Wildman–Crippen MR) is 46.3 cm³/mol. The van der Waals surface area contributed by atoms with Crippen LogP contribution in [0.3, 0.4) is 0 Å². The summed E-state index contributed by atoms with van der Waals surface area (Å²) >= 11 is 0. The summed E-state index contributed by atoms with van der Waals surface area (Å²) in [4.78, 5) is 9.52. The molecular weight excluding hydrogens is 187 g/mol. The molecule has 0 unspecified atom stereocenters. The van der Waals surface area contributed by atoms with Gasteiger partial charge in [-0.25, -0.2) is 0 Å². The van der Waals surface area contributed by atoms with E-state index in [1.807, 2.05) is 0 Å². The van der Waals surface area contributed by atoms with Crippen LogP contribution >= 0.6 is 0 Å². The molecule has 0 saturated heterocycles. The molecule has 0 atom stereocenters. The summed E-state index contributed by atoms with van der Waals surface area (Å²) in [6, 6.07) is 3.53. The molecule has 1 aromatic rings. The maximum atomic E-state index is 10.1. The Morgan fingerprint density at radius 3 is 2.50 bits per heavy atom. The second-order valence-electron chi connectivity index (χ2n) is 2.00. The fourth-order valence-electron chi connectivity index (χ4n) is 0.646. The molecular formula is C6H7KN2O3. The first-order chi connectivity index (χ1) is 5.11. The van der Waals surface area contributed by atoms with Crippen molar-refractivity contribution < 1.29 is 10.0 Å². The standard InChI is InChI=1S/C6H6N2O3.K.H/c7-5-2-1-4(8(10)11)3-6(5)9;;/h1-3,9H,7H2;;. The van der Waals surface area contributed by atoms with Crippen LogP contribution in [0.15, 0.2) is 18.2 Å². The van der Waals surface area contributed by atoms with Crippen molar-refractivity contribution in [2.24, 2.45) is 0 Å². The van der Waals surface area contributed by atoms with Gasteiger partial charge in [-0.1, -0.05) is 0 Å². The number of hydrogen-bond donors (Lipinski definition) is 2. The number of phenolic OH excluding ortho intramolecular Hbond substituents is 1. The number of aromatic hydroxyl groups is 1. The van der Waals surface area contributed by atoms with Gasteiger partial charge in [-0.2, -0.15) is 0 Å². The summed E-state index contributed by atoms with van der Waals surface area (Å²) in [5.41, 5.74) is 5.18. The minimum absolute atomic E-state index is 0. The molecule has 1 rings (SSSR count). The van der Waals surface area contributed by atoms with Crippen LogP contribution in [0.5, 0.6) is 5.75 Å². The Morgan fingerprint density at radius 2 is 2.08 bits per heavy atom. The first-order valence-electron chi connectivity index (χ1n) is 2.84. The molecule has 0 aliphatic carbocycles. The molecule has 6 heteroatoms. The summed E-state index contributed by atoms with van der Waals surface area (Å²) in [6.07, 6.45) is 0. The van der Waals surface area contributed by atoms with Gasteiger partial charge in [0.15, 0.2) is 0 Å². The number of hydrogen-bond acceptors (Lipinski definition) is 4. The quantitative estimate of drug-likeness (QED) is 0.220. The van der Waals surface area contributed by atoms with E-state index in [1.54, 1.807) is 0 Å². The van der Waals surface area contributed by atoms with Gasteiger partial charge in [0.1, 0.15) is 5.75 Å². The summed E-state index contributed by atoms with van der Waals surface area (Å²) in [5, 5.41) is 19.0. The Bertz CT molecular complexity index is 303. The summed E-state index contributed by atoms with van der Waals surface area (Å²) in [6.45, 7) is 0. The van der Waals surface area contributed by atoms with Gasteiger partial charge in [0.25, 0.3) is 5.69 Å². The van der Waals surface area contributed by atoms with E-state index in [0.29, 0.717) is 0 Å². The Hall–Kier alpha value is -0.144. The van der Waals surface area contributed by atoms with Crippen molar-refractivity contribution in [2.75, 3.05) is 5.73 Å². The predicted octanol–water partition coefficient (Wildman–Crippen LogP) is 0.234. The summed E-state index contributed by atoms with van der Waals surface area (Å²) in [5.74, 6) is -0.265. The fraction of sp³-hybridized carbons (Fsp3) is 0. The number of anilines is 1. The fourth-order valence-corrected chi connectivity index (χ4v) is 0.646. The van der Waals surface area contributed by atoms with E-state index in [-0.39, 0.29) is 68.5 Å². The van der Waals surface area contributed by atoms with E-state index >= 15 is 0 Å². The van der Waals surface area contributed by atoms with Gasteiger partial charge in [0, 0.05) is 6.07 Å². The SMILES string of the molecule is Nc1ccc([N+](=O)[O-])cc1O.[KH]. The molecule has 0 bridgehead atoms. The van der Waals surface area contributed by atoms with Crippen LogP contribution in [0.1, 0.15) is 0 Å². The number of nitro benzene ring substituents is 1. The van der Waals surface area contributed by atoms with Crippen LogP contribution in [0.4, 0.5) is 11.4 Å². The van der Waals surface area contributed by atoms with Gasteiger partial charge in [0.05, 0.1) is 16.7 Å². The van der Waals surface area contributed by atoms with Crippen molar-refractivity contribution in [3.63, 3.8) is 0 Å². The van der Waals surface area contributed by atoms with Crippen molar-refractivity contribution in [3.05, 3.63) is 28.3 Å². The first kappa shape index (κ1) is 11.9. The Balaban J connectivity index is 0.00000121. The number of nitro groups is 1. The van der Waals surface area contributed by atoms with E-state index in [4.69, 9.17) is 10.8 Å². The molecule has 1 aromatic carbocycles. The molecule has 0 radical (unpaired) electrons. The molecule has 0 fully saturated rings. The molecule has 60 valence electrons. The third-order valence-electron chi connectivity index (χ3n) is 1.22.